The zero-order valence-electron chi connectivity index (χ0n) is 11.7. The average Bonchev–Trinajstić information content (AvgIpc) is 2.87. The number of halogens is 3. The van der Waals surface area contributed by atoms with E-state index in [1.54, 1.807) is 6.07 Å². The first kappa shape index (κ1) is 16.1. The lowest BCUT2D eigenvalue weighted by Crippen LogP contribution is -2.34. The molecule has 0 aromatic heterocycles. The van der Waals surface area contributed by atoms with Crippen molar-refractivity contribution in [2.75, 3.05) is 13.2 Å². The zero-order chi connectivity index (χ0) is 15.3. The topological polar surface area (TPSA) is 41.5 Å². The molecule has 6 heteroatoms. The minimum Gasteiger partial charge on any atom is -0.406 e. The zero-order valence-corrected chi connectivity index (χ0v) is 11.7. The van der Waals surface area contributed by atoms with Crippen LogP contribution in [0.5, 0.6) is 5.75 Å². The maximum atomic E-state index is 12.2. The maximum Gasteiger partial charge on any atom is 0.573 e. The summed E-state index contributed by atoms with van der Waals surface area (Å²) in [6.07, 6.45) is -0.438. The lowest BCUT2D eigenvalue weighted by molar-refractivity contribution is -0.274. The van der Waals surface area contributed by atoms with Gasteiger partial charge >= 0.3 is 6.36 Å². The molecule has 0 spiro atoms. The van der Waals surface area contributed by atoms with E-state index in [9.17, 15) is 18.3 Å². The van der Waals surface area contributed by atoms with Gasteiger partial charge in [-0.25, -0.2) is 0 Å². The van der Waals surface area contributed by atoms with Gasteiger partial charge < -0.3 is 15.2 Å². The van der Waals surface area contributed by atoms with Crippen molar-refractivity contribution < 1.29 is 23.0 Å². The lowest BCUT2D eigenvalue weighted by Gasteiger charge is -2.26. The third kappa shape index (κ3) is 4.89. The van der Waals surface area contributed by atoms with Gasteiger partial charge in [-0.05, 0) is 30.5 Å². The summed E-state index contributed by atoms with van der Waals surface area (Å²) in [5.74, 6) is -0.209. The van der Waals surface area contributed by atoms with Crippen LogP contribution in [-0.2, 0) is 6.54 Å². The Morgan fingerprint density at radius 1 is 1.24 bits per heavy atom. The molecule has 0 bridgehead atoms. The third-order valence-electron chi connectivity index (χ3n) is 3.96. The molecule has 0 atom stereocenters. The summed E-state index contributed by atoms with van der Waals surface area (Å²) in [4.78, 5) is 0. The molecule has 0 radical (unpaired) electrons. The van der Waals surface area contributed by atoms with Gasteiger partial charge in [0.05, 0.1) is 0 Å². The van der Waals surface area contributed by atoms with Gasteiger partial charge in [-0.15, -0.1) is 13.2 Å². The summed E-state index contributed by atoms with van der Waals surface area (Å²) in [5, 5.41) is 12.7. The molecule has 0 unspecified atom stereocenters. The van der Waals surface area contributed by atoms with Crippen LogP contribution in [0.2, 0.25) is 0 Å². The monoisotopic (exact) mass is 303 g/mol. The maximum absolute atomic E-state index is 12.2. The van der Waals surface area contributed by atoms with Crippen LogP contribution in [0, 0.1) is 5.41 Å². The number of aliphatic hydroxyl groups is 1. The van der Waals surface area contributed by atoms with E-state index < -0.39 is 6.36 Å². The van der Waals surface area contributed by atoms with E-state index in [4.69, 9.17) is 0 Å². The summed E-state index contributed by atoms with van der Waals surface area (Å²) in [7, 11) is 0. The number of rotatable bonds is 6. The molecule has 118 valence electrons. The normalized spacial score (nSPS) is 17.9. The Bertz CT molecular complexity index is 456. The minimum atomic E-state index is -4.67. The lowest BCUT2D eigenvalue weighted by atomic mass is 9.87. The molecule has 1 aromatic carbocycles. The molecular formula is C15H20F3NO2. The van der Waals surface area contributed by atoms with Crippen molar-refractivity contribution in [1.82, 2.24) is 5.32 Å². The van der Waals surface area contributed by atoms with Gasteiger partial charge in [0.25, 0.3) is 0 Å². The van der Waals surface area contributed by atoms with Crippen LogP contribution in [0.25, 0.3) is 0 Å². The van der Waals surface area contributed by atoms with E-state index in [0.717, 1.165) is 31.2 Å². The Morgan fingerprint density at radius 3 is 2.57 bits per heavy atom. The Morgan fingerprint density at radius 2 is 1.95 bits per heavy atom. The number of ether oxygens (including phenoxy) is 1. The highest BCUT2D eigenvalue weighted by atomic mass is 19.4. The van der Waals surface area contributed by atoms with Gasteiger partial charge in [0, 0.05) is 25.1 Å². The van der Waals surface area contributed by atoms with Crippen LogP contribution in [0.1, 0.15) is 31.2 Å². The second-order valence-corrected chi connectivity index (χ2v) is 5.66. The molecule has 21 heavy (non-hydrogen) atoms. The standard InChI is InChI=1S/C15H20F3NO2/c16-15(17,18)21-13-5-3-4-12(8-13)9-19-10-14(11-20)6-1-2-7-14/h3-5,8,19-20H,1-2,6-7,9-11H2. The fraction of sp³-hybridized carbons (Fsp3) is 0.600. The first-order chi connectivity index (χ1) is 9.92. The SMILES string of the molecule is OCC1(CNCc2cccc(OC(F)(F)F)c2)CCCC1. The Balaban J connectivity index is 1.87. The van der Waals surface area contributed by atoms with Crippen molar-refractivity contribution in [2.24, 2.45) is 5.41 Å². The Hall–Kier alpha value is -1.27. The highest BCUT2D eigenvalue weighted by molar-refractivity contribution is 5.28. The summed E-state index contributed by atoms with van der Waals surface area (Å²) < 4.78 is 40.4. The molecule has 1 fully saturated rings. The van der Waals surface area contributed by atoms with Crippen molar-refractivity contribution in [3.8, 4) is 5.75 Å². The van der Waals surface area contributed by atoms with Gasteiger partial charge in [-0.3, -0.25) is 0 Å². The molecule has 1 aromatic rings. The average molecular weight is 303 g/mol. The second kappa shape index (κ2) is 6.66. The predicted octanol–water partition coefficient (Wildman–Crippen LogP) is 3.23. The van der Waals surface area contributed by atoms with Crippen LogP contribution in [-0.4, -0.2) is 24.6 Å². The molecule has 1 saturated carbocycles. The van der Waals surface area contributed by atoms with Gasteiger partial charge in [0.15, 0.2) is 0 Å². The number of hydrogen-bond donors (Lipinski definition) is 2. The molecule has 0 heterocycles. The van der Waals surface area contributed by atoms with Gasteiger partial charge in [-0.1, -0.05) is 25.0 Å². The number of alkyl halides is 3. The second-order valence-electron chi connectivity index (χ2n) is 5.66. The van der Waals surface area contributed by atoms with Crippen molar-refractivity contribution in [2.45, 2.75) is 38.6 Å². The largest absolute Gasteiger partial charge is 0.573 e. The van der Waals surface area contributed by atoms with Crippen molar-refractivity contribution >= 4 is 0 Å². The molecule has 2 N–H and O–H groups in total. The van der Waals surface area contributed by atoms with Crippen LogP contribution in [0.15, 0.2) is 24.3 Å². The molecule has 0 aliphatic heterocycles. The molecule has 2 rings (SSSR count). The quantitative estimate of drug-likeness (QED) is 0.848. The Kier molecular flexibility index (Phi) is 5.11. The number of hydrogen-bond acceptors (Lipinski definition) is 3. The highest BCUT2D eigenvalue weighted by Gasteiger charge is 2.33. The van der Waals surface area contributed by atoms with E-state index in [-0.39, 0.29) is 17.8 Å². The van der Waals surface area contributed by atoms with E-state index in [1.165, 1.54) is 18.2 Å². The summed E-state index contributed by atoms with van der Waals surface area (Å²) in [6.45, 7) is 1.28. The molecule has 0 saturated heterocycles. The third-order valence-corrected chi connectivity index (χ3v) is 3.96. The Labute approximate surface area is 122 Å². The van der Waals surface area contributed by atoms with Crippen molar-refractivity contribution in [1.29, 1.82) is 0 Å². The van der Waals surface area contributed by atoms with Gasteiger partial charge in [0.2, 0.25) is 0 Å². The fourth-order valence-corrected chi connectivity index (χ4v) is 2.84. The van der Waals surface area contributed by atoms with Crippen LogP contribution < -0.4 is 10.1 Å². The first-order valence-corrected chi connectivity index (χ1v) is 7.09. The number of nitrogens with one attached hydrogen (secondary N) is 1. The minimum absolute atomic E-state index is 0.0694. The van der Waals surface area contributed by atoms with E-state index >= 15 is 0 Å². The molecule has 0 amide bonds. The van der Waals surface area contributed by atoms with Gasteiger partial charge in [-0.2, -0.15) is 0 Å². The fourth-order valence-electron chi connectivity index (χ4n) is 2.84. The summed E-state index contributed by atoms with van der Waals surface area (Å²) >= 11 is 0. The molecule has 3 nitrogen and oxygen atoms in total. The highest BCUT2D eigenvalue weighted by Crippen LogP contribution is 2.37. The van der Waals surface area contributed by atoms with Crippen LogP contribution >= 0.6 is 0 Å². The van der Waals surface area contributed by atoms with E-state index in [2.05, 4.69) is 10.1 Å². The van der Waals surface area contributed by atoms with E-state index in [1.807, 2.05) is 0 Å². The first-order valence-electron chi connectivity index (χ1n) is 7.09. The summed E-state index contributed by atoms with van der Waals surface area (Å²) in [5.41, 5.74) is 0.655. The molecule has 1 aliphatic rings. The molecular weight excluding hydrogens is 283 g/mol. The smallest absolute Gasteiger partial charge is 0.406 e. The van der Waals surface area contributed by atoms with Crippen molar-refractivity contribution in [3.05, 3.63) is 29.8 Å². The molecule has 1 aliphatic carbocycles. The van der Waals surface area contributed by atoms with Crippen LogP contribution in [0.4, 0.5) is 13.2 Å². The van der Waals surface area contributed by atoms with Gasteiger partial charge in [0.1, 0.15) is 5.75 Å². The number of aliphatic hydroxyl groups excluding tert-OH is 1. The van der Waals surface area contributed by atoms with E-state index in [0.29, 0.717) is 13.1 Å². The van der Waals surface area contributed by atoms with Crippen LogP contribution in [0.3, 0.4) is 0 Å². The van der Waals surface area contributed by atoms with Crippen molar-refractivity contribution in [3.63, 3.8) is 0 Å². The number of benzene rings is 1. The summed E-state index contributed by atoms with van der Waals surface area (Å²) in [6, 6.07) is 5.94. The predicted molar refractivity (Wildman–Crippen MR) is 72.8 cm³/mol.